The van der Waals surface area contributed by atoms with Crippen LogP contribution in [0.25, 0.3) is 0 Å². The zero-order chi connectivity index (χ0) is 20.4. The first kappa shape index (κ1) is 25.5. The number of nitrogens with one attached hydrogen (secondary N) is 1. The van der Waals surface area contributed by atoms with E-state index in [0.29, 0.717) is 13.2 Å². The SMILES string of the molecule is CC(=O)N[C@H](COC(C)=O)[C@@H](COCc1ccccc1)[S+](C)c1ccccc1.[I-]. The van der Waals surface area contributed by atoms with E-state index in [1.807, 2.05) is 48.5 Å². The summed E-state index contributed by atoms with van der Waals surface area (Å²) in [5, 5.41) is 2.91. The summed E-state index contributed by atoms with van der Waals surface area (Å²) in [6.45, 7) is 3.89. The van der Waals surface area contributed by atoms with Crippen molar-refractivity contribution in [2.45, 2.75) is 36.6 Å². The molecule has 2 aromatic rings. The van der Waals surface area contributed by atoms with Crippen molar-refractivity contribution >= 4 is 22.8 Å². The molecule has 0 heterocycles. The van der Waals surface area contributed by atoms with E-state index in [9.17, 15) is 9.59 Å². The lowest BCUT2D eigenvalue weighted by Gasteiger charge is -2.26. The van der Waals surface area contributed by atoms with Crippen LogP contribution in [-0.2, 0) is 36.6 Å². The number of benzene rings is 2. The van der Waals surface area contributed by atoms with Gasteiger partial charge in [-0.1, -0.05) is 48.5 Å². The first-order chi connectivity index (χ1) is 13.5. The molecule has 29 heavy (non-hydrogen) atoms. The molecule has 7 heteroatoms. The number of amides is 1. The smallest absolute Gasteiger partial charge is 0.302 e. The molecule has 2 rings (SSSR count). The van der Waals surface area contributed by atoms with Crippen LogP contribution in [0.2, 0.25) is 0 Å². The Morgan fingerprint density at radius 2 is 1.55 bits per heavy atom. The molecule has 1 N–H and O–H groups in total. The molecule has 1 amide bonds. The van der Waals surface area contributed by atoms with Crippen molar-refractivity contribution in [2.24, 2.45) is 0 Å². The summed E-state index contributed by atoms with van der Waals surface area (Å²) >= 11 is 0. The molecule has 0 aliphatic carbocycles. The highest BCUT2D eigenvalue weighted by Gasteiger charge is 2.37. The van der Waals surface area contributed by atoms with Gasteiger partial charge >= 0.3 is 5.97 Å². The minimum absolute atomic E-state index is 0. The zero-order valence-corrected chi connectivity index (χ0v) is 19.9. The fraction of sp³-hybridized carbons (Fsp3) is 0.364. The molecule has 0 saturated carbocycles. The fourth-order valence-electron chi connectivity index (χ4n) is 2.85. The van der Waals surface area contributed by atoms with E-state index in [-0.39, 0.29) is 64.6 Å². The third kappa shape index (κ3) is 9.18. The Morgan fingerprint density at radius 3 is 2.10 bits per heavy atom. The van der Waals surface area contributed by atoms with Gasteiger partial charge in [-0.05, 0) is 17.7 Å². The van der Waals surface area contributed by atoms with Gasteiger partial charge in [0.05, 0.1) is 13.2 Å². The first-order valence-corrected chi connectivity index (χ1v) is 10.9. The lowest BCUT2D eigenvalue weighted by Crippen LogP contribution is -3.00. The maximum atomic E-state index is 11.8. The van der Waals surface area contributed by atoms with Crippen LogP contribution in [0.15, 0.2) is 65.6 Å². The van der Waals surface area contributed by atoms with E-state index in [1.54, 1.807) is 0 Å². The number of hydrogen-bond donors (Lipinski definition) is 1. The van der Waals surface area contributed by atoms with Crippen LogP contribution < -0.4 is 29.3 Å². The molecule has 0 aliphatic rings. The maximum absolute atomic E-state index is 11.8. The van der Waals surface area contributed by atoms with Crippen molar-refractivity contribution in [3.63, 3.8) is 0 Å². The van der Waals surface area contributed by atoms with Gasteiger partial charge in [0.2, 0.25) is 5.91 Å². The molecule has 0 aromatic heterocycles. The van der Waals surface area contributed by atoms with Crippen LogP contribution in [0.3, 0.4) is 0 Å². The van der Waals surface area contributed by atoms with Crippen LogP contribution >= 0.6 is 0 Å². The van der Waals surface area contributed by atoms with E-state index < -0.39 is 0 Å². The first-order valence-electron chi connectivity index (χ1n) is 9.19. The average molecular weight is 529 g/mol. The Labute approximate surface area is 192 Å². The van der Waals surface area contributed by atoms with Crippen molar-refractivity contribution in [2.75, 3.05) is 19.5 Å². The summed E-state index contributed by atoms with van der Waals surface area (Å²) in [7, 11) is -0.221. The second kappa shape index (κ2) is 13.6. The minimum atomic E-state index is -0.366. The molecule has 3 atom stereocenters. The molecule has 0 aliphatic heterocycles. The molecule has 158 valence electrons. The standard InChI is InChI=1S/C22H27NO4S.HI/c1-17(24)23-21(15-27-18(2)25)22(28(3)20-12-8-5-9-13-20)16-26-14-19-10-6-4-7-11-19;/h4-13,21-22H,14-16H2,1-3H3;1H/t21-,22-,28?;/m1./s1. The Bertz CT molecular complexity index is 745. The third-order valence-electron chi connectivity index (χ3n) is 4.27. The molecule has 0 spiro atoms. The van der Waals surface area contributed by atoms with Gasteiger partial charge in [-0.3, -0.25) is 9.59 Å². The summed E-state index contributed by atoms with van der Waals surface area (Å²) in [6.07, 6.45) is 2.13. The normalized spacial score (nSPS) is 13.5. The lowest BCUT2D eigenvalue weighted by molar-refractivity contribution is -0.142. The molecule has 2 aromatic carbocycles. The van der Waals surface area contributed by atoms with Gasteiger partial charge in [-0.25, -0.2) is 0 Å². The second-order valence-electron chi connectivity index (χ2n) is 6.52. The third-order valence-corrected chi connectivity index (χ3v) is 6.65. The molecule has 0 bridgehead atoms. The quantitative estimate of drug-likeness (QED) is 0.267. The van der Waals surface area contributed by atoms with Gasteiger partial charge in [0.25, 0.3) is 0 Å². The Kier molecular flexibility index (Phi) is 11.9. The van der Waals surface area contributed by atoms with E-state index in [1.165, 1.54) is 18.7 Å². The minimum Gasteiger partial charge on any atom is -1.00 e. The molecule has 0 radical (unpaired) electrons. The zero-order valence-electron chi connectivity index (χ0n) is 17.0. The molecular weight excluding hydrogens is 501 g/mol. The average Bonchev–Trinajstić information content (AvgIpc) is 2.69. The highest BCUT2D eigenvalue weighted by Crippen LogP contribution is 2.20. The number of esters is 1. The summed E-state index contributed by atoms with van der Waals surface area (Å²) < 4.78 is 11.2. The van der Waals surface area contributed by atoms with Crippen LogP contribution in [-0.4, -0.2) is 42.6 Å². The van der Waals surface area contributed by atoms with Gasteiger partial charge in [-0.2, -0.15) is 0 Å². The van der Waals surface area contributed by atoms with Gasteiger partial charge in [0.1, 0.15) is 18.9 Å². The second-order valence-corrected chi connectivity index (χ2v) is 8.71. The number of hydrogen-bond acceptors (Lipinski definition) is 4. The summed E-state index contributed by atoms with van der Waals surface area (Å²) in [4.78, 5) is 24.3. The van der Waals surface area contributed by atoms with E-state index >= 15 is 0 Å². The van der Waals surface area contributed by atoms with Gasteiger partial charge < -0.3 is 38.8 Å². The summed E-state index contributed by atoms with van der Waals surface area (Å²) in [6, 6.07) is 19.8. The number of rotatable bonds is 10. The molecular formula is C22H28INO4S. The van der Waals surface area contributed by atoms with Crippen molar-refractivity contribution in [3.8, 4) is 0 Å². The predicted molar refractivity (Wildman–Crippen MR) is 112 cm³/mol. The largest absolute Gasteiger partial charge is 1.00 e. The monoisotopic (exact) mass is 529 g/mol. The van der Waals surface area contributed by atoms with Crippen molar-refractivity contribution < 1.29 is 43.0 Å². The Morgan fingerprint density at radius 1 is 0.966 bits per heavy atom. The lowest BCUT2D eigenvalue weighted by atomic mass is 10.2. The Balaban J connectivity index is 0.00000420. The van der Waals surface area contributed by atoms with Crippen LogP contribution in [0.4, 0.5) is 0 Å². The maximum Gasteiger partial charge on any atom is 0.302 e. The van der Waals surface area contributed by atoms with Crippen molar-refractivity contribution in [1.82, 2.24) is 5.32 Å². The van der Waals surface area contributed by atoms with Gasteiger partial charge in [-0.15, -0.1) is 0 Å². The fourth-order valence-corrected chi connectivity index (χ4v) is 4.73. The molecule has 0 fully saturated rings. The van der Waals surface area contributed by atoms with Gasteiger partial charge in [0, 0.05) is 24.7 Å². The van der Waals surface area contributed by atoms with Crippen LogP contribution in [0.1, 0.15) is 19.4 Å². The van der Waals surface area contributed by atoms with Gasteiger partial charge in [0.15, 0.2) is 10.1 Å². The van der Waals surface area contributed by atoms with Crippen LogP contribution in [0, 0.1) is 0 Å². The molecule has 0 saturated heterocycles. The summed E-state index contributed by atoms with van der Waals surface area (Å²) in [5.41, 5.74) is 1.09. The van der Waals surface area contributed by atoms with Crippen molar-refractivity contribution in [3.05, 3.63) is 66.2 Å². The number of ether oxygens (including phenoxy) is 2. The van der Waals surface area contributed by atoms with E-state index in [0.717, 1.165) is 5.56 Å². The molecule has 1 unspecified atom stereocenters. The summed E-state index contributed by atoms with van der Waals surface area (Å²) in [5.74, 6) is -0.523. The van der Waals surface area contributed by atoms with Crippen LogP contribution in [0.5, 0.6) is 0 Å². The molecule has 5 nitrogen and oxygen atoms in total. The predicted octanol–water partition coefficient (Wildman–Crippen LogP) is -0.0492. The van der Waals surface area contributed by atoms with E-state index in [2.05, 4.69) is 23.7 Å². The number of carbonyl (C=O) groups is 2. The van der Waals surface area contributed by atoms with Crippen molar-refractivity contribution in [1.29, 1.82) is 0 Å². The highest BCUT2D eigenvalue weighted by atomic mass is 127. The topological polar surface area (TPSA) is 64.6 Å². The Hall–Kier alpha value is -1.58. The van der Waals surface area contributed by atoms with E-state index in [4.69, 9.17) is 9.47 Å². The number of halogens is 1. The number of carbonyl (C=O) groups excluding carboxylic acids is 2. The highest BCUT2D eigenvalue weighted by molar-refractivity contribution is 7.97.